The van der Waals surface area contributed by atoms with Crippen molar-refractivity contribution in [1.29, 1.82) is 5.26 Å². The Labute approximate surface area is 526 Å². The summed E-state index contributed by atoms with van der Waals surface area (Å²) in [7, 11) is 0. The molecular weight excluding hydrogens is 1100 g/mol. The van der Waals surface area contributed by atoms with Crippen molar-refractivity contribution in [3.05, 3.63) is 333 Å². The number of fused-ring (bicyclic) bond motifs is 12. The highest BCUT2D eigenvalue weighted by molar-refractivity contribution is 6.18. The molecule has 0 saturated carbocycles. The summed E-state index contributed by atoms with van der Waals surface area (Å²) in [6.07, 6.45) is 0. The Balaban J connectivity index is 1.10. The molecule has 0 spiro atoms. The van der Waals surface area contributed by atoms with Gasteiger partial charge in [0.15, 0.2) is 0 Å². The van der Waals surface area contributed by atoms with Crippen LogP contribution in [0.25, 0.3) is 149 Å². The molecule has 0 unspecified atom stereocenters. The van der Waals surface area contributed by atoms with E-state index in [2.05, 4.69) is 346 Å². The molecule has 1 aliphatic heterocycles. The summed E-state index contributed by atoms with van der Waals surface area (Å²) in [5, 5.41) is 19.9. The molecule has 17 aromatic rings. The molecule has 91 heavy (non-hydrogen) atoms. The van der Waals surface area contributed by atoms with E-state index < -0.39 is 0 Å². The monoisotopic (exact) mass is 1160 g/mol. The van der Waals surface area contributed by atoms with E-state index in [0.29, 0.717) is 12.1 Å². The fourth-order valence-corrected chi connectivity index (χ4v) is 14.8. The summed E-state index contributed by atoms with van der Waals surface area (Å²) >= 11 is 0. The van der Waals surface area contributed by atoms with Crippen molar-refractivity contribution >= 4 is 76.8 Å². The summed E-state index contributed by atoms with van der Waals surface area (Å²) in [5.41, 5.74) is 25.5. The lowest BCUT2D eigenvalue weighted by atomic mass is 9.89. The van der Waals surface area contributed by atoms with Crippen LogP contribution in [-0.2, 0) is 6.54 Å². The lowest BCUT2D eigenvalue weighted by molar-refractivity contribution is 0.940. The van der Waals surface area contributed by atoms with Gasteiger partial charge in [-0.25, -0.2) is 0 Å². The Hall–Kier alpha value is -12.2. The first-order valence-corrected chi connectivity index (χ1v) is 31.2. The van der Waals surface area contributed by atoms with E-state index in [4.69, 9.17) is 0 Å². The van der Waals surface area contributed by atoms with Crippen LogP contribution in [0, 0.1) is 11.3 Å². The zero-order chi connectivity index (χ0) is 60.1. The second kappa shape index (κ2) is 21.0. The molecule has 0 N–H and O–H groups in total. The van der Waals surface area contributed by atoms with E-state index in [-0.39, 0.29) is 0 Å². The highest BCUT2D eigenvalue weighted by atomic mass is 15.2. The topological polar surface area (TPSA) is 41.8 Å². The van der Waals surface area contributed by atoms with Gasteiger partial charge < -0.3 is 18.6 Å². The lowest BCUT2D eigenvalue weighted by Crippen LogP contribution is -2.26. The number of rotatable bonds is 9. The van der Waals surface area contributed by atoms with E-state index in [1.165, 1.54) is 11.1 Å². The fraction of sp³-hybridized carbons (Fsp3) is 0.0116. The molecule has 0 aliphatic carbocycles. The van der Waals surface area contributed by atoms with Gasteiger partial charge in [-0.15, -0.1) is 0 Å². The average Bonchev–Trinajstić information content (AvgIpc) is 1.72. The molecule has 5 heteroatoms. The zero-order valence-electron chi connectivity index (χ0n) is 49.5. The van der Waals surface area contributed by atoms with E-state index in [0.717, 1.165) is 155 Å². The maximum Gasteiger partial charge on any atom is 0.104 e. The summed E-state index contributed by atoms with van der Waals surface area (Å²) < 4.78 is 7.49. The molecule has 1 aliphatic rings. The van der Waals surface area contributed by atoms with Crippen molar-refractivity contribution in [2.24, 2.45) is 0 Å². The third-order valence-corrected chi connectivity index (χ3v) is 18.9. The van der Waals surface area contributed by atoms with Gasteiger partial charge in [0.25, 0.3) is 0 Å². The third-order valence-electron chi connectivity index (χ3n) is 18.9. The Morgan fingerprint density at radius 1 is 0.253 bits per heavy atom. The lowest BCUT2D eigenvalue weighted by Gasteiger charge is -2.37. The number of hydrogen-bond acceptors (Lipinski definition) is 2. The highest BCUT2D eigenvalue weighted by Gasteiger charge is 2.37. The summed E-state index contributed by atoms with van der Waals surface area (Å²) in [5.74, 6) is 0. The molecule has 4 heterocycles. The molecule has 0 saturated heterocycles. The first kappa shape index (κ1) is 51.9. The Kier molecular flexibility index (Phi) is 12.0. The van der Waals surface area contributed by atoms with Gasteiger partial charge in [0, 0.05) is 55.7 Å². The van der Waals surface area contributed by atoms with E-state index in [1.807, 2.05) is 0 Å². The van der Waals surface area contributed by atoms with Crippen molar-refractivity contribution in [1.82, 2.24) is 13.7 Å². The minimum Gasteiger partial charge on any atom is -0.334 e. The zero-order valence-corrected chi connectivity index (χ0v) is 49.5. The van der Waals surface area contributed by atoms with Gasteiger partial charge in [0.05, 0.1) is 55.8 Å². The molecule has 424 valence electrons. The van der Waals surface area contributed by atoms with Gasteiger partial charge in [-0.1, -0.05) is 255 Å². The summed E-state index contributed by atoms with van der Waals surface area (Å²) in [6.45, 7) is 0.493. The predicted molar refractivity (Wildman–Crippen MR) is 379 cm³/mol. The molecule has 5 nitrogen and oxygen atoms in total. The third kappa shape index (κ3) is 8.17. The summed E-state index contributed by atoms with van der Waals surface area (Å²) in [6, 6.07) is 120. The van der Waals surface area contributed by atoms with Gasteiger partial charge in [-0.05, 0) is 128 Å². The maximum absolute atomic E-state index is 13.2. The van der Waals surface area contributed by atoms with Gasteiger partial charge in [0.2, 0.25) is 0 Å². The van der Waals surface area contributed by atoms with Crippen LogP contribution in [0.1, 0.15) is 11.1 Å². The van der Waals surface area contributed by atoms with Gasteiger partial charge in [-0.2, -0.15) is 5.26 Å². The second-order valence-electron chi connectivity index (χ2n) is 23.8. The number of anilines is 2. The van der Waals surface area contributed by atoms with E-state index in [9.17, 15) is 5.26 Å². The van der Waals surface area contributed by atoms with Crippen molar-refractivity contribution in [3.8, 4) is 89.9 Å². The van der Waals surface area contributed by atoms with Gasteiger partial charge >= 0.3 is 0 Å². The minimum absolute atomic E-state index is 0.493. The van der Waals surface area contributed by atoms with Crippen LogP contribution in [0.15, 0.2) is 322 Å². The largest absolute Gasteiger partial charge is 0.334 e. The predicted octanol–water partition coefficient (Wildman–Crippen LogP) is 22.5. The molecule has 0 atom stereocenters. The van der Waals surface area contributed by atoms with Crippen LogP contribution >= 0.6 is 0 Å². The van der Waals surface area contributed by atoms with Crippen LogP contribution in [-0.4, -0.2) is 13.7 Å². The maximum atomic E-state index is 13.2. The van der Waals surface area contributed by atoms with Crippen molar-refractivity contribution in [3.63, 3.8) is 0 Å². The molecular formula is C86H55N5. The molecule has 14 aromatic carbocycles. The number of hydrogen-bond donors (Lipinski definition) is 0. The molecule has 18 rings (SSSR count). The molecule has 3 aromatic heterocycles. The van der Waals surface area contributed by atoms with Crippen LogP contribution in [0.5, 0.6) is 0 Å². The van der Waals surface area contributed by atoms with Crippen LogP contribution in [0.3, 0.4) is 0 Å². The smallest absolute Gasteiger partial charge is 0.104 e. The first-order chi connectivity index (χ1) is 45.1. The van der Waals surface area contributed by atoms with E-state index in [1.54, 1.807) is 0 Å². The minimum atomic E-state index is 0.493. The number of nitriles is 1. The number of para-hydroxylation sites is 3. The number of aromatic nitrogens is 3. The van der Waals surface area contributed by atoms with Crippen molar-refractivity contribution < 1.29 is 0 Å². The quantitative estimate of drug-likeness (QED) is 0.145. The van der Waals surface area contributed by atoms with Crippen molar-refractivity contribution in [2.45, 2.75) is 6.54 Å². The number of benzene rings is 14. The second-order valence-corrected chi connectivity index (χ2v) is 23.8. The highest BCUT2D eigenvalue weighted by Crippen LogP contribution is 2.56. The SMILES string of the molecule is N#Cc1c(N2Cc3ccccc3-c3ccccc32)c(-n2c3ccc(-c4ccccc4)cc3c3cc(-c4ccccc4)ccc32)c(-n2c3ccccc3c3ccccc32)c(-c2ccccc2)c1-n1c2ccc(-c3ccccc3)cc2c2cc(-c3ccccc3)ccc21. The fourth-order valence-electron chi connectivity index (χ4n) is 14.8. The normalized spacial score (nSPS) is 12.1. The van der Waals surface area contributed by atoms with Gasteiger partial charge in [-0.3, -0.25) is 0 Å². The average molecular weight is 1160 g/mol. The standard InChI is InChI=1S/C86H55N5/c87-54-74-83(89-78-46-42-61(56-24-6-1-7-25-56)50-70(78)71-51-62(43-47-79(71)89)57-26-8-2-9-27-57)82(60-32-14-5-15-33-60)85(90-76-40-22-19-37-68(76)69-38-20-23-41-77(69)90)86(84(74)88-55-65-34-16-17-35-66(65)67-36-18-21-39-75(67)88)91-80-48-44-63(58-28-10-3-11-29-58)52-72(80)73-53-64(45-49-81(73)91)59-30-12-4-13-31-59/h1-53H,55H2. The molecule has 0 fully saturated rings. The van der Waals surface area contributed by atoms with Gasteiger partial charge in [0.1, 0.15) is 11.6 Å². The Morgan fingerprint density at radius 2 is 0.593 bits per heavy atom. The van der Waals surface area contributed by atoms with E-state index >= 15 is 0 Å². The van der Waals surface area contributed by atoms with Crippen molar-refractivity contribution in [2.75, 3.05) is 4.90 Å². The Morgan fingerprint density at radius 3 is 1.03 bits per heavy atom. The molecule has 0 bridgehead atoms. The molecule has 0 radical (unpaired) electrons. The number of nitrogens with zero attached hydrogens (tertiary/aromatic N) is 5. The van der Waals surface area contributed by atoms with Crippen LogP contribution < -0.4 is 4.90 Å². The Bertz CT molecular complexity index is 5550. The van der Waals surface area contributed by atoms with Crippen LogP contribution in [0.2, 0.25) is 0 Å². The first-order valence-electron chi connectivity index (χ1n) is 31.2. The molecule has 0 amide bonds. The summed E-state index contributed by atoms with van der Waals surface area (Å²) in [4.78, 5) is 2.48. The van der Waals surface area contributed by atoms with Crippen LogP contribution in [0.4, 0.5) is 11.4 Å².